The molecule has 1 N–H and O–H groups in total. The van der Waals surface area contributed by atoms with Crippen molar-refractivity contribution in [1.29, 1.82) is 0 Å². The van der Waals surface area contributed by atoms with Crippen LogP contribution >= 0.6 is 0 Å². The van der Waals surface area contributed by atoms with Gasteiger partial charge in [0.25, 0.3) is 0 Å². The summed E-state index contributed by atoms with van der Waals surface area (Å²) in [5, 5.41) is 3.01. The highest BCUT2D eigenvalue weighted by Crippen LogP contribution is 2.17. The van der Waals surface area contributed by atoms with Crippen molar-refractivity contribution in [1.82, 2.24) is 10.2 Å². The normalized spacial score (nSPS) is 16.7. The number of anilines is 1. The quantitative estimate of drug-likeness (QED) is 0.946. The van der Waals surface area contributed by atoms with E-state index in [-0.39, 0.29) is 12.1 Å². The van der Waals surface area contributed by atoms with E-state index in [9.17, 15) is 4.79 Å². The Bertz CT molecular complexity index is 612. The number of hydrogen-bond acceptors (Lipinski definition) is 3. The van der Waals surface area contributed by atoms with Crippen molar-refractivity contribution < 1.29 is 9.21 Å². The Morgan fingerprint density at radius 1 is 1.09 bits per heavy atom. The predicted molar refractivity (Wildman–Crippen MR) is 90.5 cm³/mol. The van der Waals surface area contributed by atoms with Gasteiger partial charge in [0, 0.05) is 31.9 Å². The van der Waals surface area contributed by atoms with Crippen molar-refractivity contribution in [2.45, 2.75) is 19.4 Å². The van der Waals surface area contributed by atoms with Crippen molar-refractivity contribution >= 4 is 11.7 Å². The van der Waals surface area contributed by atoms with E-state index in [1.165, 1.54) is 5.69 Å². The van der Waals surface area contributed by atoms with E-state index in [4.69, 9.17) is 4.42 Å². The first-order valence-electron chi connectivity index (χ1n) is 8.13. The summed E-state index contributed by atoms with van der Waals surface area (Å²) in [6, 6.07) is 13.9. The van der Waals surface area contributed by atoms with E-state index in [0.29, 0.717) is 0 Å². The molecule has 5 nitrogen and oxygen atoms in total. The number of carbonyl (C=O) groups is 1. The fourth-order valence-corrected chi connectivity index (χ4v) is 2.90. The second-order valence-corrected chi connectivity index (χ2v) is 5.85. The highest BCUT2D eigenvalue weighted by atomic mass is 16.3. The van der Waals surface area contributed by atoms with Crippen LogP contribution in [0.5, 0.6) is 0 Å². The van der Waals surface area contributed by atoms with Gasteiger partial charge >= 0.3 is 6.03 Å². The van der Waals surface area contributed by atoms with Crippen molar-refractivity contribution in [2.24, 2.45) is 0 Å². The van der Waals surface area contributed by atoms with Crippen LogP contribution in [0.15, 0.2) is 53.1 Å². The van der Waals surface area contributed by atoms with E-state index in [2.05, 4.69) is 34.5 Å². The maximum Gasteiger partial charge on any atom is 0.318 e. The van der Waals surface area contributed by atoms with Crippen molar-refractivity contribution in [3.8, 4) is 0 Å². The van der Waals surface area contributed by atoms with Crippen LogP contribution in [0.3, 0.4) is 0 Å². The first kappa shape index (κ1) is 15.5. The van der Waals surface area contributed by atoms with Gasteiger partial charge in [-0.3, -0.25) is 0 Å². The number of nitrogens with zero attached hydrogens (tertiary/aromatic N) is 2. The van der Waals surface area contributed by atoms with Crippen LogP contribution in [0.2, 0.25) is 0 Å². The van der Waals surface area contributed by atoms with E-state index in [1.807, 2.05) is 30.0 Å². The Labute approximate surface area is 136 Å². The van der Waals surface area contributed by atoms with E-state index in [0.717, 1.165) is 38.4 Å². The lowest BCUT2D eigenvalue weighted by Crippen LogP contribution is -2.42. The molecule has 23 heavy (non-hydrogen) atoms. The lowest BCUT2D eigenvalue weighted by atomic mass is 10.2. The molecule has 2 heterocycles. The molecule has 1 aromatic carbocycles. The first-order valence-corrected chi connectivity index (χ1v) is 8.13. The molecule has 2 aromatic rings. The summed E-state index contributed by atoms with van der Waals surface area (Å²) in [5.41, 5.74) is 1.22. The van der Waals surface area contributed by atoms with Gasteiger partial charge in [-0.25, -0.2) is 4.79 Å². The highest BCUT2D eigenvalue weighted by Gasteiger charge is 2.21. The smallest absolute Gasteiger partial charge is 0.318 e. The zero-order chi connectivity index (χ0) is 16.1. The lowest BCUT2D eigenvalue weighted by Gasteiger charge is -2.24. The van der Waals surface area contributed by atoms with Crippen LogP contribution in [0.25, 0.3) is 0 Å². The van der Waals surface area contributed by atoms with Crippen molar-refractivity contribution in [3.63, 3.8) is 0 Å². The first-order chi connectivity index (χ1) is 11.2. The minimum Gasteiger partial charge on any atom is -0.467 e. The monoisotopic (exact) mass is 313 g/mol. The summed E-state index contributed by atoms with van der Waals surface area (Å²) in [7, 11) is 0. The molecular weight excluding hydrogens is 290 g/mol. The molecule has 0 bridgehead atoms. The highest BCUT2D eigenvalue weighted by molar-refractivity contribution is 5.74. The molecular formula is C18H23N3O2. The molecule has 0 spiro atoms. The van der Waals surface area contributed by atoms with Crippen LogP contribution in [0.4, 0.5) is 10.5 Å². The Balaban J connectivity index is 1.56. The summed E-state index contributed by atoms with van der Waals surface area (Å²) in [4.78, 5) is 16.7. The SMILES string of the molecule is CC(NC(=O)N1CCCN(c2ccccc2)CC1)c1ccco1. The van der Waals surface area contributed by atoms with Gasteiger partial charge in [0.15, 0.2) is 0 Å². The molecule has 1 saturated heterocycles. The average Bonchev–Trinajstić information content (AvgIpc) is 3.00. The number of rotatable bonds is 3. The predicted octanol–water partition coefficient (Wildman–Crippen LogP) is 3.26. The van der Waals surface area contributed by atoms with Crippen LogP contribution in [0.1, 0.15) is 25.1 Å². The van der Waals surface area contributed by atoms with Gasteiger partial charge in [-0.2, -0.15) is 0 Å². The van der Waals surface area contributed by atoms with Crippen molar-refractivity contribution in [3.05, 3.63) is 54.5 Å². The zero-order valence-electron chi connectivity index (χ0n) is 13.4. The van der Waals surface area contributed by atoms with Crippen LogP contribution < -0.4 is 10.2 Å². The molecule has 1 aliphatic heterocycles. The van der Waals surface area contributed by atoms with E-state index in [1.54, 1.807) is 6.26 Å². The fraction of sp³-hybridized carbons (Fsp3) is 0.389. The molecule has 122 valence electrons. The van der Waals surface area contributed by atoms with Gasteiger partial charge in [-0.1, -0.05) is 18.2 Å². The van der Waals surface area contributed by atoms with Crippen LogP contribution in [-0.4, -0.2) is 37.1 Å². The molecule has 0 saturated carbocycles. The standard InChI is InChI=1S/C18H23N3O2/c1-15(17-9-5-14-23-17)19-18(22)21-11-6-10-20(12-13-21)16-7-3-2-4-8-16/h2-5,7-9,14-15H,6,10-13H2,1H3,(H,19,22). The molecule has 1 fully saturated rings. The second kappa shape index (κ2) is 7.22. The molecule has 1 atom stereocenters. The third kappa shape index (κ3) is 3.86. The fourth-order valence-electron chi connectivity index (χ4n) is 2.90. The largest absolute Gasteiger partial charge is 0.467 e. The minimum atomic E-state index is -0.119. The number of nitrogens with one attached hydrogen (secondary N) is 1. The number of amides is 2. The molecule has 2 amide bonds. The third-order valence-corrected chi connectivity index (χ3v) is 4.21. The molecule has 5 heteroatoms. The summed E-state index contributed by atoms with van der Waals surface area (Å²) < 4.78 is 5.34. The summed E-state index contributed by atoms with van der Waals surface area (Å²) in [5.74, 6) is 0.777. The van der Waals surface area contributed by atoms with E-state index >= 15 is 0 Å². The van der Waals surface area contributed by atoms with Gasteiger partial charge < -0.3 is 19.5 Å². The summed E-state index contributed by atoms with van der Waals surface area (Å²) in [6.07, 6.45) is 2.60. The Morgan fingerprint density at radius 3 is 2.65 bits per heavy atom. The molecule has 1 aromatic heterocycles. The van der Waals surface area contributed by atoms with E-state index < -0.39 is 0 Å². The Hall–Kier alpha value is -2.43. The molecule has 1 aliphatic rings. The van der Waals surface area contributed by atoms with Gasteiger partial charge in [0.2, 0.25) is 0 Å². The Morgan fingerprint density at radius 2 is 1.91 bits per heavy atom. The second-order valence-electron chi connectivity index (χ2n) is 5.85. The van der Waals surface area contributed by atoms with Gasteiger partial charge in [0.1, 0.15) is 5.76 Å². The molecule has 1 unspecified atom stereocenters. The summed E-state index contributed by atoms with van der Waals surface area (Å²) >= 11 is 0. The number of benzene rings is 1. The number of hydrogen-bond donors (Lipinski definition) is 1. The Kier molecular flexibility index (Phi) is 4.86. The minimum absolute atomic E-state index is 0.0242. The van der Waals surface area contributed by atoms with Crippen LogP contribution in [-0.2, 0) is 0 Å². The maximum absolute atomic E-state index is 12.5. The third-order valence-electron chi connectivity index (χ3n) is 4.21. The number of urea groups is 1. The molecule has 3 rings (SSSR count). The summed E-state index contributed by atoms with van der Waals surface area (Å²) in [6.45, 7) is 5.27. The number of furan rings is 1. The molecule has 0 aliphatic carbocycles. The maximum atomic E-state index is 12.5. The zero-order valence-corrected chi connectivity index (χ0v) is 13.4. The molecule has 0 radical (unpaired) electrons. The number of carbonyl (C=O) groups excluding carboxylic acids is 1. The van der Waals surface area contributed by atoms with Gasteiger partial charge in [0.05, 0.1) is 12.3 Å². The lowest BCUT2D eigenvalue weighted by molar-refractivity contribution is 0.196. The van der Waals surface area contributed by atoms with Gasteiger partial charge in [-0.05, 0) is 37.6 Å². The van der Waals surface area contributed by atoms with Crippen molar-refractivity contribution in [2.75, 3.05) is 31.1 Å². The average molecular weight is 313 g/mol. The topological polar surface area (TPSA) is 48.7 Å². The number of para-hydroxylation sites is 1. The van der Waals surface area contributed by atoms with Gasteiger partial charge in [-0.15, -0.1) is 0 Å². The van der Waals surface area contributed by atoms with Crippen LogP contribution in [0, 0.1) is 0 Å².